The van der Waals surface area contributed by atoms with E-state index in [9.17, 15) is 9.90 Å². The average Bonchev–Trinajstić information content (AvgIpc) is 2.58. The monoisotopic (exact) mass is 340 g/mol. The molecule has 0 fully saturated rings. The predicted octanol–water partition coefficient (Wildman–Crippen LogP) is 5.18. The van der Waals surface area contributed by atoms with Crippen LogP contribution in [0.3, 0.4) is 0 Å². The van der Waals surface area contributed by atoms with Crippen molar-refractivity contribution in [2.75, 3.05) is 0 Å². The Kier molecular flexibility index (Phi) is 4.44. The number of phenolic OH excluding ortho intramolecular Hbond substituents is 1. The van der Waals surface area contributed by atoms with Crippen molar-refractivity contribution in [3.8, 4) is 5.75 Å². The van der Waals surface area contributed by atoms with Gasteiger partial charge in [-0.05, 0) is 35.0 Å². The van der Waals surface area contributed by atoms with Gasteiger partial charge in [0.05, 0.1) is 22.8 Å². The fourth-order valence-electron chi connectivity index (χ4n) is 2.42. The van der Waals surface area contributed by atoms with Crippen LogP contribution in [0.1, 0.15) is 15.9 Å². The summed E-state index contributed by atoms with van der Waals surface area (Å²) in [5.41, 5.74) is 1.03. The summed E-state index contributed by atoms with van der Waals surface area (Å²) in [6.45, 7) is 0.179. The van der Waals surface area contributed by atoms with Crippen LogP contribution in [0.25, 0.3) is 10.8 Å². The van der Waals surface area contributed by atoms with E-state index < -0.39 is 5.97 Å². The van der Waals surface area contributed by atoms with Gasteiger partial charge in [0.15, 0.2) is 0 Å². The van der Waals surface area contributed by atoms with Gasteiger partial charge in [0, 0.05) is 5.56 Å². The molecule has 0 atom stereocenters. The summed E-state index contributed by atoms with van der Waals surface area (Å²) in [7, 11) is 0. The molecule has 0 aliphatic carbocycles. The molecule has 3 aromatic rings. The van der Waals surface area contributed by atoms with Crippen molar-refractivity contribution in [2.45, 2.75) is 6.54 Å². The molecule has 24 heavy (non-hydrogen) atoms. The van der Waals surface area contributed by atoms with Crippen LogP contribution < -0.4 is 0 Å². The predicted molar refractivity (Wildman–Crippen MR) is 92.2 cm³/mol. The van der Waals surface area contributed by atoms with E-state index >= 15 is 0 Å². The van der Waals surface area contributed by atoms with Gasteiger partial charge < -0.3 is 10.2 Å². The van der Waals surface area contributed by atoms with Crippen molar-refractivity contribution in [3.63, 3.8) is 0 Å². The number of carboxylic acid groups (broad SMARTS) is 1. The largest absolute Gasteiger partial charge is 0.508 e. The summed E-state index contributed by atoms with van der Waals surface area (Å²) in [5, 5.41) is 29.3. The van der Waals surface area contributed by atoms with E-state index in [-0.39, 0.29) is 22.9 Å². The zero-order chi connectivity index (χ0) is 17.1. The molecule has 0 unspecified atom stereocenters. The van der Waals surface area contributed by atoms with Gasteiger partial charge in [-0.15, -0.1) is 0 Å². The fraction of sp³-hybridized carbons (Fsp3) is 0.0556. The van der Waals surface area contributed by atoms with Crippen LogP contribution in [-0.4, -0.2) is 16.2 Å². The SMILES string of the molecule is O=C(O)c1cc(N=NCc2c(O)ccc3ccccc23)ccc1Cl. The molecule has 5 nitrogen and oxygen atoms in total. The Morgan fingerprint density at radius 2 is 1.88 bits per heavy atom. The lowest BCUT2D eigenvalue weighted by Crippen LogP contribution is -1.96. The van der Waals surface area contributed by atoms with Gasteiger partial charge >= 0.3 is 5.97 Å². The van der Waals surface area contributed by atoms with Gasteiger partial charge in [-0.25, -0.2) is 4.79 Å². The van der Waals surface area contributed by atoms with E-state index in [0.29, 0.717) is 11.3 Å². The second-order valence-electron chi connectivity index (χ2n) is 5.15. The van der Waals surface area contributed by atoms with E-state index in [1.165, 1.54) is 12.1 Å². The van der Waals surface area contributed by atoms with Gasteiger partial charge in [-0.1, -0.05) is 41.9 Å². The first-order valence-corrected chi connectivity index (χ1v) is 7.54. The van der Waals surface area contributed by atoms with E-state index in [0.717, 1.165) is 10.8 Å². The Morgan fingerprint density at radius 1 is 1.08 bits per heavy atom. The highest BCUT2D eigenvalue weighted by atomic mass is 35.5. The molecular weight excluding hydrogens is 328 g/mol. The summed E-state index contributed by atoms with van der Waals surface area (Å²) in [6, 6.07) is 15.5. The standard InChI is InChI=1S/C18H13ClN2O3/c19-16-7-6-12(9-14(16)18(23)24)21-20-10-15-13-4-2-1-3-11(13)5-8-17(15)22/h1-9,22H,10H2,(H,23,24). The lowest BCUT2D eigenvalue weighted by Gasteiger charge is -2.06. The number of hydrogen-bond donors (Lipinski definition) is 2. The number of azo groups is 1. The molecule has 0 saturated carbocycles. The van der Waals surface area contributed by atoms with Crippen molar-refractivity contribution < 1.29 is 15.0 Å². The number of hydrogen-bond acceptors (Lipinski definition) is 4. The summed E-state index contributed by atoms with van der Waals surface area (Å²) >= 11 is 5.82. The number of rotatable bonds is 4. The molecule has 0 heterocycles. The third-order valence-corrected chi connectivity index (χ3v) is 3.94. The fourth-order valence-corrected chi connectivity index (χ4v) is 2.62. The molecule has 0 aromatic heterocycles. The number of fused-ring (bicyclic) bond motifs is 1. The zero-order valence-corrected chi connectivity index (χ0v) is 13.2. The minimum Gasteiger partial charge on any atom is -0.508 e. The van der Waals surface area contributed by atoms with Crippen molar-refractivity contribution in [2.24, 2.45) is 10.2 Å². The Balaban J connectivity index is 1.89. The van der Waals surface area contributed by atoms with Crippen molar-refractivity contribution in [3.05, 3.63) is 70.7 Å². The Hall–Kier alpha value is -2.92. The number of benzene rings is 3. The molecular formula is C18H13ClN2O3. The number of halogens is 1. The number of aromatic carboxylic acids is 1. The normalized spacial score (nSPS) is 11.2. The number of phenols is 1. The third kappa shape index (κ3) is 3.21. The Morgan fingerprint density at radius 3 is 2.67 bits per heavy atom. The van der Waals surface area contributed by atoms with E-state index in [1.807, 2.05) is 30.3 Å². The van der Waals surface area contributed by atoms with Crippen LogP contribution in [0.15, 0.2) is 64.8 Å². The maximum Gasteiger partial charge on any atom is 0.337 e. The smallest absolute Gasteiger partial charge is 0.337 e. The number of carbonyl (C=O) groups is 1. The lowest BCUT2D eigenvalue weighted by atomic mass is 10.0. The van der Waals surface area contributed by atoms with Crippen molar-refractivity contribution in [1.29, 1.82) is 0 Å². The Bertz CT molecular complexity index is 954. The summed E-state index contributed by atoms with van der Waals surface area (Å²) in [4.78, 5) is 11.1. The van der Waals surface area contributed by atoms with Gasteiger partial charge in [0.1, 0.15) is 5.75 Å². The topological polar surface area (TPSA) is 82.2 Å². The maximum atomic E-state index is 11.1. The summed E-state index contributed by atoms with van der Waals surface area (Å²) < 4.78 is 0. The molecule has 0 aliphatic heterocycles. The lowest BCUT2D eigenvalue weighted by molar-refractivity contribution is 0.0697. The van der Waals surface area contributed by atoms with Crippen LogP contribution in [0.5, 0.6) is 5.75 Å². The minimum absolute atomic E-state index is 0.0267. The molecule has 120 valence electrons. The average molecular weight is 341 g/mol. The Labute approximate surface area is 142 Å². The van der Waals surface area contributed by atoms with Crippen LogP contribution in [0.2, 0.25) is 5.02 Å². The van der Waals surface area contributed by atoms with Crippen molar-refractivity contribution in [1.82, 2.24) is 0 Å². The zero-order valence-electron chi connectivity index (χ0n) is 12.5. The quantitative estimate of drug-likeness (QED) is 0.642. The number of nitrogens with zero attached hydrogens (tertiary/aromatic N) is 2. The molecule has 0 saturated heterocycles. The van der Waals surface area contributed by atoms with Gasteiger partial charge in [0.25, 0.3) is 0 Å². The highest BCUT2D eigenvalue weighted by molar-refractivity contribution is 6.33. The minimum atomic E-state index is -1.12. The summed E-state index contributed by atoms with van der Waals surface area (Å²) in [5.74, 6) is -0.973. The molecule has 0 radical (unpaired) electrons. The van der Waals surface area contributed by atoms with Crippen molar-refractivity contribution >= 4 is 34.0 Å². The van der Waals surface area contributed by atoms with E-state index in [4.69, 9.17) is 16.7 Å². The molecule has 0 spiro atoms. The highest BCUT2D eigenvalue weighted by Crippen LogP contribution is 2.28. The van der Waals surface area contributed by atoms with E-state index in [2.05, 4.69) is 10.2 Å². The number of aromatic hydroxyl groups is 1. The van der Waals surface area contributed by atoms with Crippen LogP contribution in [0.4, 0.5) is 5.69 Å². The van der Waals surface area contributed by atoms with Crippen LogP contribution >= 0.6 is 11.6 Å². The van der Waals surface area contributed by atoms with Gasteiger partial charge in [0.2, 0.25) is 0 Å². The second kappa shape index (κ2) is 6.68. The molecule has 2 N–H and O–H groups in total. The first-order valence-electron chi connectivity index (χ1n) is 7.16. The second-order valence-corrected chi connectivity index (χ2v) is 5.56. The first-order chi connectivity index (χ1) is 11.6. The number of carboxylic acids is 1. The van der Waals surface area contributed by atoms with Crippen LogP contribution in [0, 0.1) is 0 Å². The van der Waals surface area contributed by atoms with Gasteiger partial charge in [-0.3, -0.25) is 0 Å². The van der Waals surface area contributed by atoms with E-state index in [1.54, 1.807) is 12.1 Å². The molecule has 0 aliphatic rings. The third-order valence-electron chi connectivity index (χ3n) is 3.61. The molecule has 0 amide bonds. The highest BCUT2D eigenvalue weighted by Gasteiger charge is 2.09. The molecule has 6 heteroatoms. The summed E-state index contributed by atoms with van der Waals surface area (Å²) in [6.07, 6.45) is 0. The van der Waals surface area contributed by atoms with Crippen LogP contribution in [-0.2, 0) is 6.54 Å². The van der Waals surface area contributed by atoms with Gasteiger partial charge in [-0.2, -0.15) is 10.2 Å². The molecule has 3 aromatic carbocycles. The maximum absolute atomic E-state index is 11.1. The molecule has 3 rings (SSSR count). The molecule has 0 bridgehead atoms. The first kappa shape index (κ1) is 16.0.